The molecule has 23 heavy (non-hydrogen) atoms. The van der Waals surface area contributed by atoms with Gasteiger partial charge in [-0.3, -0.25) is 5.41 Å². The fourth-order valence-corrected chi connectivity index (χ4v) is 4.38. The van der Waals surface area contributed by atoms with E-state index in [9.17, 15) is 21.6 Å². The first-order valence-corrected chi connectivity index (χ1v) is 9.39. The van der Waals surface area contributed by atoms with Crippen molar-refractivity contribution in [3.8, 4) is 5.75 Å². The maximum Gasteiger partial charge on any atom is 0.573 e. The molecular weight excluding hydrogens is 353 g/mol. The third kappa shape index (κ3) is 4.71. The lowest BCUT2D eigenvalue weighted by Gasteiger charge is -2.09. The van der Waals surface area contributed by atoms with Crippen molar-refractivity contribution < 1.29 is 26.3 Å². The standard InChI is InChI=1S/C13H15F3N2O3S2/c1-2-6-23(19,20)7-5-18-10-4-3-9(21-13(14,15)16)8-11(10)22-12(18)17/h3-4,8,17H,2,5-7H2,1H3. The van der Waals surface area contributed by atoms with E-state index in [1.165, 1.54) is 16.7 Å². The van der Waals surface area contributed by atoms with Gasteiger partial charge in [0, 0.05) is 12.3 Å². The van der Waals surface area contributed by atoms with Gasteiger partial charge in [-0.25, -0.2) is 8.42 Å². The lowest BCUT2D eigenvalue weighted by molar-refractivity contribution is -0.274. The van der Waals surface area contributed by atoms with Crippen LogP contribution in [-0.4, -0.2) is 30.9 Å². The molecule has 0 amide bonds. The van der Waals surface area contributed by atoms with E-state index in [0.717, 1.165) is 17.4 Å². The number of benzene rings is 1. The van der Waals surface area contributed by atoms with E-state index in [4.69, 9.17) is 5.41 Å². The molecule has 0 bridgehead atoms. The molecule has 0 aliphatic rings. The van der Waals surface area contributed by atoms with Gasteiger partial charge in [0.05, 0.1) is 16.0 Å². The first kappa shape index (κ1) is 17.8. The molecule has 1 heterocycles. The second-order valence-corrected chi connectivity index (χ2v) is 8.22. The quantitative estimate of drug-likeness (QED) is 0.852. The summed E-state index contributed by atoms with van der Waals surface area (Å²) in [6.07, 6.45) is -4.26. The van der Waals surface area contributed by atoms with Crippen molar-refractivity contribution in [1.29, 1.82) is 5.41 Å². The number of thiazole rings is 1. The molecule has 0 saturated carbocycles. The van der Waals surface area contributed by atoms with Crippen LogP contribution in [0.4, 0.5) is 13.2 Å². The Bertz CT molecular complexity index is 853. The lowest BCUT2D eigenvalue weighted by Crippen LogP contribution is -2.21. The molecule has 0 atom stereocenters. The van der Waals surface area contributed by atoms with E-state index in [2.05, 4.69) is 4.74 Å². The van der Waals surface area contributed by atoms with Gasteiger partial charge in [0.2, 0.25) is 0 Å². The number of fused-ring (bicyclic) bond motifs is 1. The number of aryl methyl sites for hydroxylation is 1. The highest BCUT2D eigenvalue weighted by Crippen LogP contribution is 2.27. The highest BCUT2D eigenvalue weighted by molar-refractivity contribution is 7.91. The molecule has 2 aromatic rings. The van der Waals surface area contributed by atoms with E-state index in [-0.39, 0.29) is 28.6 Å². The van der Waals surface area contributed by atoms with E-state index in [1.807, 2.05) is 0 Å². The average Bonchev–Trinajstić information content (AvgIpc) is 2.69. The smallest absolute Gasteiger partial charge is 0.406 e. The molecule has 0 fully saturated rings. The summed E-state index contributed by atoms with van der Waals surface area (Å²) in [6.45, 7) is 1.86. The summed E-state index contributed by atoms with van der Waals surface area (Å²) in [5, 5.41) is 7.88. The summed E-state index contributed by atoms with van der Waals surface area (Å²) < 4.78 is 66.0. The largest absolute Gasteiger partial charge is 0.573 e. The first-order chi connectivity index (χ1) is 10.6. The van der Waals surface area contributed by atoms with E-state index < -0.39 is 16.2 Å². The van der Waals surface area contributed by atoms with Crippen molar-refractivity contribution in [3.05, 3.63) is 23.0 Å². The van der Waals surface area contributed by atoms with Crippen LogP contribution < -0.4 is 9.54 Å². The zero-order valence-corrected chi connectivity index (χ0v) is 13.8. The Kier molecular flexibility index (Phi) is 5.04. The van der Waals surface area contributed by atoms with Gasteiger partial charge < -0.3 is 9.30 Å². The Balaban J connectivity index is 2.28. The molecule has 1 aromatic carbocycles. The average molecular weight is 368 g/mol. The first-order valence-electron chi connectivity index (χ1n) is 6.75. The minimum atomic E-state index is -4.78. The highest BCUT2D eigenvalue weighted by Gasteiger charge is 2.31. The summed E-state index contributed by atoms with van der Waals surface area (Å²) in [5.41, 5.74) is 0.515. The number of nitrogens with one attached hydrogen (secondary N) is 1. The highest BCUT2D eigenvalue weighted by atomic mass is 32.2. The number of halogens is 3. The molecule has 0 spiro atoms. The number of sulfone groups is 1. The summed E-state index contributed by atoms with van der Waals surface area (Å²) in [7, 11) is -3.20. The van der Waals surface area contributed by atoms with Crippen LogP contribution in [0.15, 0.2) is 18.2 Å². The molecule has 5 nitrogen and oxygen atoms in total. The molecule has 0 aliphatic heterocycles. The molecule has 1 aromatic heterocycles. The minimum Gasteiger partial charge on any atom is -0.406 e. The van der Waals surface area contributed by atoms with Gasteiger partial charge in [0.1, 0.15) is 5.75 Å². The van der Waals surface area contributed by atoms with Crippen molar-refractivity contribution >= 4 is 31.4 Å². The van der Waals surface area contributed by atoms with Crippen LogP contribution in [-0.2, 0) is 16.4 Å². The van der Waals surface area contributed by atoms with Crippen molar-refractivity contribution in [2.24, 2.45) is 0 Å². The van der Waals surface area contributed by atoms with Crippen molar-refractivity contribution in [1.82, 2.24) is 4.57 Å². The van der Waals surface area contributed by atoms with Crippen LogP contribution in [0, 0.1) is 5.41 Å². The second kappa shape index (κ2) is 6.52. The maximum absolute atomic E-state index is 12.2. The summed E-state index contributed by atoms with van der Waals surface area (Å²) >= 11 is 0.970. The number of ether oxygens (including phenoxy) is 1. The summed E-state index contributed by atoms with van der Waals surface area (Å²) in [5.74, 6) is -0.395. The Morgan fingerprint density at radius 2 is 2.00 bits per heavy atom. The number of hydrogen-bond donors (Lipinski definition) is 1. The normalized spacial score (nSPS) is 12.7. The Labute approximate surface area is 134 Å². The number of rotatable bonds is 6. The van der Waals surface area contributed by atoms with Gasteiger partial charge >= 0.3 is 6.36 Å². The molecule has 10 heteroatoms. The van der Waals surface area contributed by atoms with Gasteiger partial charge in [-0.1, -0.05) is 18.3 Å². The molecule has 128 valence electrons. The molecule has 2 rings (SSSR count). The van der Waals surface area contributed by atoms with Crippen LogP contribution in [0.1, 0.15) is 13.3 Å². The van der Waals surface area contributed by atoms with Gasteiger partial charge in [0.15, 0.2) is 14.6 Å². The molecule has 0 unspecified atom stereocenters. The number of aromatic nitrogens is 1. The van der Waals surface area contributed by atoms with Crippen molar-refractivity contribution in [2.45, 2.75) is 26.3 Å². The predicted octanol–water partition coefficient (Wildman–Crippen LogP) is 2.91. The number of nitrogens with zero attached hydrogens (tertiary/aromatic N) is 1. The monoisotopic (exact) mass is 368 g/mol. The predicted molar refractivity (Wildman–Crippen MR) is 81.3 cm³/mol. The van der Waals surface area contributed by atoms with Crippen LogP contribution in [0.25, 0.3) is 10.2 Å². The molecule has 0 saturated heterocycles. The fourth-order valence-electron chi connectivity index (χ4n) is 2.13. The fraction of sp³-hybridized carbons (Fsp3) is 0.462. The van der Waals surface area contributed by atoms with Crippen LogP contribution in [0.5, 0.6) is 5.75 Å². The summed E-state index contributed by atoms with van der Waals surface area (Å²) in [4.78, 5) is 0.0795. The number of alkyl halides is 3. The van der Waals surface area contributed by atoms with Crippen LogP contribution in [0.3, 0.4) is 0 Å². The Morgan fingerprint density at radius 3 is 2.61 bits per heavy atom. The second-order valence-electron chi connectivity index (χ2n) is 4.89. The van der Waals surface area contributed by atoms with Crippen molar-refractivity contribution in [2.75, 3.05) is 11.5 Å². The van der Waals surface area contributed by atoms with Crippen LogP contribution >= 0.6 is 11.3 Å². The molecule has 0 aliphatic carbocycles. The Hall–Kier alpha value is -1.55. The molecular formula is C13H15F3N2O3S2. The van der Waals surface area contributed by atoms with E-state index in [0.29, 0.717) is 16.6 Å². The third-order valence-electron chi connectivity index (χ3n) is 3.05. The third-order valence-corrected chi connectivity index (χ3v) is 5.84. The van der Waals surface area contributed by atoms with Gasteiger partial charge in [0.25, 0.3) is 0 Å². The van der Waals surface area contributed by atoms with Crippen molar-refractivity contribution in [3.63, 3.8) is 0 Å². The Morgan fingerprint density at radius 1 is 1.30 bits per heavy atom. The minimum absolute atomic E-state index is 0.0759. The maximum atomic E-state index is 12.2. The zero-order valence-electron chi connectivity index (χ0n) is 12.2. The van der Waals surface area contributed by atoms with E-state index in [1.54, 1.807) is 6.92 Å². The molecule has 1 N–H and O–H groups in total. The van der Waals surface area contributed by atoms with E-state index >= 15 is 0 Å². The zero-order chi connectivity index (χ0) is 17.3. The topological polar surface area (TPSA) is 72.2 Å². The SMILES string of the molecule is CCCS(=O)(=O)CCn1c(=N)sc2cc(OC(F)(F)F)ccc21. The molecule has 0 radical (unpaired) electrons. The summed E-state index contributed by atoms with van der Waals surface area (Å²) in [6, 6.07) is 3.75. The van der Waals surface area contributed by atoms with Gasteiger partial charge in [-0.05, 0) is 24.6 Å². The van der Waals surface area contributed by atoms with Gasteiger partial charge in [-0.15, -0.1) is 13.2 Å². The lowest BCUT2D eigenvalue weighted by atomic mass is 10.3. The van der Waals surface area contributed by atoms with Crippen LogP contribution in [0.2, 0.25) is 0 Å². The van der Waals surface area contributed by atoms with Gasteiger partial charge in [-0.2, -0.15) is 0 Å². The number of hydrogen-bond acceptors (Lipinski definition) is 5.